The van der Waals surface area contributed by atoms with Crippen LogP contribution in [0.25, 0.3) is 0 Å². The minimum Gasteiger partial charge on any atom is -0.508 e. The molecular formula is C40H51N3O6. The number of hydrogen-bond donors (Lipinski definition) is 5. The fourth-order valence-corrected chi connectivity index (χ4v) is 9.37. The van der Waals surface area contributed by atoms with Crippen molar-refractivity contribution in [1.29, 1.82) is 0 Å². The van der Waals surface area contributed by atoms with E-state index in [1.807, 2.05) is 66.5 Å². The van der Waals surface area contributed by atoms with E-state index >= 15 is 0 Å². The first kappa shape index (κ1) is 34.0. The van der Waals surface area contributed by atoms with Crippen LogP contribution >= 0.6 is 0 Å². The maximum Gasteiger partial charge on any atom is 0.315 e. The molecule has 8 rings (SSSR count). The molecule has 5 atom stereocenters. The monoisotopic (exact) mass is 669 g/mol. The molecule has 2 amide bonds. The van der Waals surface area contributed by atoms with Crippen molar-refractivity contribution in [2.24, 2.45) is 23.7 Å². The molecular weight excluding hydrogens is 618 g/mol. The van der Waals surface area contributed by atoms with E-state index in [1.165, 1.54) is 19.3 Å². The highest BCUT2D eigenvalue weighted by Crippen LogP contribution is 2.55. The molecule has 262 valence electrons. The first-order chi connectivity index (χ1) is 23.6. The van der Waals surface area contributed by atoms with Crippen molar-refractivity contribution in [3.05, 3.63) is 101 Å². The van der Waals surface area contributed by atoms with Crippen LogP contribution < -0.4 is 10.6 Å². The zero-order valence-corrected chi connectivity index (χ0v) is 28.6. The Balaban J connectivity index is 1.00. The first-order valence-corrected chi connectivity index (χ1v) is 18.0. The van der Waals surface area contributed by atoms with Gasteiger partial charge < -0.3 is 40.3 Å². The molecule has 0 spiro atoms. The molecule has 4 bridgehead atoms. The van der Waals surface area contributed by atoms with Crippen molar-refractivity contribution >= 4 is 6.03 Å². The van der Waals surface area contributed by atoms with Gasteiger partial charge in [-0.05, 0) is 97.7 Å². The minimum atomic E-state index is -0.763. The molecule has 0 radical (unpaired) electrons. The van der Waals surface area contributed by atoms with Gasteiger partial charge in [-0.15, -0.1) is 0 Å². The largest absolute Gasteiger partial charge is 0.508 e. The predicted octanol–water partition coefficient (Wildman–Crippen LogP) is 6.11. The van der Waals surface area contributed by atoms with Crippen LogP contribution in [-0.4, -0.2) is 58.0 Å². The van der Waals surface area contributed by atoms with Crippen LogP contribution in [0.5, 0.6) is 5.75 Å². The molecule has 4 aliphatic carbocycles. The summed E-state index contributed by atoms with van der Waals surface area (Å²) < 4.78 is 13.3. The lowest BCUT2D eigenvalue weighted by molar-refractivity contribution is -0.276. The molecule has 9 nitrogen and oxygen atoms in total. The summed E-state index contributed by atoms with van der Waals surface area (Å²) in [6, 6.07) is 22.5. The van der Waals surface area contributed by atoms with Crippen molar-refractivity contribution < 1.29 is 29.6 Å². The summed E-state index contributed by atoms with van der Waals surface area (Å²) in [5.74, 6) is 2.46. The quantitative estimate of drug-likeness (QED) is 0.167. The van der Waals surface area contributed by atoms with Crippen LogP contribution in [0.1, 0.15) is 91.8 Å². The fourth-order valence-electron chi connectivity index (χ4n) is 9.37. The third-order valence-electron chi connectivity index (χ3n) is 11.5. The van der Waals surface area contributed by atoms with Gasteiger partial charge in [0.25, 0.3) is 0 Å². The highest BCUT2D eigenvalue weighted by Gasteiger charge is 2.51. The lowest BCUT2D eigenvalue weighted by Crippen LogP contribution is -2.61. The minimum absolute atomic E-state index is 0.00690. The number of aliphatic hydroxyl groups excluding tert-OH is 2. The summed E-state index contributed by atoms with van der Waals surface area (Å²) in [5.41, 5.74) is 4.38. The van der Waals surface area contributed by atoms with Crippen LogP contribution in [0.2, 0.25) is 0 Å². The molecule has 3 aromatic carbocycles. The number of urea groups is 1. The Morgan fingerprint density at radius 3 is 2.18 bits per heavy atom. The average molecular weight is 670 g/mol. The number of rotatable bonds is 11. The molecule has 0 aromatic heterocycles. The number of phenolic OH excluding ortho intramolecular Hbond substituents is 1. The van der Waals surface area contributed by atoms with Gasteiger partial charge in [0.2, 0.25) is 0 Å². The van der Waals surface area contributed by atoms with Crippen LogP contribution in [0, 0.1) is 23.7 Å². The van der Waals surface area contributed by atoms with E-state index in [4.69, 9.17) is 9.47 Å². The Morgan fingerprint density at radius 1 is 0.918 bits per heavy atom. The maximum absolute atomic E-state index is 13.0. The summed E-state index contributed by atoms with van der Waals surface area (Å²) in [6.45, 7) is 3.47. The highest BCUT2D eigenvalue weighted by molar-refractivity contribution is 5.75. The number of likely N-dealkylation sites (N-methyl/N-ethyl adjacent to an activating group) is 1. The van der Waals surface area contributed by atoms with Crippen LogP contribution in [-0.2, 0) is 22.6 Å². The van der Waals surface area contributed by atoms with E-state index in [0.29, 0.717) is 25.2 Å². The Labute approximate surface area is 289 Å². The Hall–Kier alpha value is -3.47. The van der Waals surface area contributed by atoms with Gasteiger partial charge in [0.05, 0.1) is 24.9 Å². The van der Waals surface area contributed by atoms with Crippen molar-refractivity contribution in [2.45, 2.75) is 88.7 Å². The van der Waals surface area contributed by atoms with E-state index in [1.54, 1.807) is 18.2 Å². The Bertz CT molecular complexity index is 1540. The van der Waals surface area contributed by atoms with Crippen LogP contribution in [0.4, 0.5) is 4.79 Å². The summed E-state index contributed by atoms with van der Waals surface area (Å²) in [4.78, 5) is 15.1. The van der Waals surface area contributed by atoms with E-state index < -0.39 is 12.4 Å². The van der Waals surface area contributed by atoms with Gasteiger partial charge in [-0.3, -0.25) is 0 Å². The van der Waals surface area contributed by atoms with Crippen molar-refractivity contribution in [3.63, 3.8) is 0 Å². The number of phenols is 1. The molecule has 5 N–H and O–H groups in total. The molecule has 3 aromatic rings. The molecule has 4 saturated carbocycles. The second kappa shape index (κ2) is 14.4. The molecule has 1 saturated heterocycles. The summed E-state index contributed by atoms with van der Waals surface area (Å²) >= 11 is 0. The third-order valence-corrected chi connectivity index (χ3v) is 11.5. The third kappa shape index (κ3) is 7.81. The molecule has 5 aliphatic rings. The number of benzene rings is 3. The van der Waals surface area contributed by atoms with Gasteiger partial charge in [-0.2, -0.15) is 0 Å². The average Bonchev–Trinajstić information content (AvgIpc) is 3.08. The molecule has 5 fully saturated rings. The number of carbonyl (C=O) groups excluding carboxylic acids is 1. The smallest absolute Gasteiger partial charge is 0.315 e. The second-order valence-electron chi connectivity index (χ2n) is 15.4. The van der Waals surface area contributed by atoms with Crippen LogP contribution in [0.3, 0.4) is 0 Å². The van der Waals surface area contributed by atoms with E-state index in [2.05, 4.69) is 17.6 Å². The Kier molecular flexibility index (Phi) is 10.00. The number of carbonyl (C=O) groups is 1. The predicted molar refractivity (Wildman–Crippen MR) is 186 cm³/mol. The molecule has 9 heteroatoms. The summed E-state index contributed by atoms with van der Waals surface area (Å²) in [5, 5.41) is 36.9. The van der Waals surface area contributed by atoms with Gasteiger partial charge in [0.15, 0.2) is 6.29 Å². The molecule has 0 unspecified atom stereocenters. The standard InChI is InChI=1S/C40H51N3O6/c1-25-36(23-43(2)22-35(46)33-4-3-5-34(45)17-33)48-38(49-37(25)31-10-8-27(24-44)9-11-31)32-12-6-26(7-13-32)21-41-39(47)42-40-18-28-14-29(19-40)16-30(15-28)20-40/h3-13,17,25,28-30,35-38,44-46H,14-16,18-24H2,1-2H3,(H2,41,42,47)/t25-,28?,29?,30?,35+,36+,37+,38+,40?/m0/s1. The van der Waals surface area contributed by atoms with Gasteiger partial charge in [0, 0.05) is 36.7 Å². The number of nitrogens with one attached hydrogen (secondary N) is 2. The van der Waals surface area contributed by atoms with Gasteiger partial charge in [0.1, 0.15) is 5.75 Å². The maximum atomic E-state index is 13.0. The number of ether oxygens (including phenoxy) is 2. The van der Waals surface area contributed by atoms with Gasteiger partial charge in [-0.25, -0.2) is 4.79 Å². The van der Waals surface area contributed by atoms with Crippen molar-refractivity contribution in [2.75, 3.05) is 20.1 Å². The van der Waals surface area contributed by atoms with Crippen molar-refractivity contribution in [3.8, 4) is 5.75 Å². The SMILES string of the molecule is C[C@H]1[C@@H](CN(C)C[C@@H](O)c2cccc(O)c2)O[C@@H](c2ccc(CNC(=O)NC34CC5CC(CC(C5)C3)C4)cc2)O[C@H]1c1ccc(CO)cc1. The van der Waals surface area contributed by atoms with E-state index in [0.717, 1.165) is 59.3 Å². The fraction of sp³-hybridized carbons (Fsp3) is 0.525. The van der Waals surface area contributed by atoms with Crippen molar-refractivity contribution in [1.82, 2.24) is 15.5 Å². The number of aliphatic hydroxyl groups is 2. The topological polar surface area (TPSA) is 124 Å². The van der Waals surface area contributed by atoms with E-state index in [9.17, 15) is 20.1 Å². The van der Waals surface area contributed by atoms with Gasteiger partial charge in [-0.1, -0.05) is 67.6 Å². The lowest BCUT2D eigenvalue weighted by atomic mass is 9.53. The highest BCUT2D eigenvalue weighted by atomic mass is 16.7. The molecule has 1 heterocycles. The summed E-state index contributed by atoms with van der Waals surface area (Å²) in [7, 11) is 1.96. The lowest BCUT2D eigenvalue weighted by Gasteiger charge is -2.56. The van der Waals surface area contributed by atoms with Gasteiger partial charge >= 0.3 is 6.03 Å². The normalized spacial score (nSPS) is 31.1. The first-order valence-electron chi connectivity index (χ1n) is 18.0. The molecule has 1 aliphatic heterocycles. The number of aromatic hydroxyl groups is 1. The number of hydrogen-bond acceptors (Lipinski definition) is 7. The number of nitrogens with zero attached hydrogens (tertiary/aromatic N) is 1. The number of amides is 2. The zero-order valence-electron chi connectivity index (χ0n) is 28.6. The zero-order chi connectivity index (χ0) is 34.1. The molecule has 49 heavy (non-hydrogen) atoms. The van der Waals surface area contributed by atoms with Crippen LogP contribution in [0.15, 0.2) is 72.8 Å². The van der Waals surface area contributed by atoms with E-state index in [-0.39, 0.29) is 42.1 Å². The summed E-state index contributed by atoms with van der Waals surface area (Å²) in [6.07, 6.45) is 5.58. The second-order valence-corrected chi connectivity index (χ2v) is 15.4. The Morgan fingerprint density at radius 2 is 1.55 bits per heavy atom.